The third-order valence-electron chi connectivity index (χ3n) is 6.02. The zero-order valence-corrected chi connectivity index (χ0v) is 24.7. The van der Waals surface area contributed by atoms with Gasteiger partial charge in [-0.15, -0.1) is 0 Å². The number of aliphatic carboxylic acids is 1. The van der Waals surface area contributed by atoms with E-state index in [-0.39, 0.29) is 24.2 Å². The molecule has 3 rings (SSSR count). The second kappa shape index (κ2) is 15.4. The van der Waals surface area contributed by atoms with Gasteiger partial charge in [0.15, 0.2) is 0 Å². The molecular weight excluding hydrogens is 587 g/mol. The number of aromatic nitrogens is 2. The lowest BCUT2D eigenvalue weighted by Crippen LogP contribution is -2.50. The Morgan fingerprint density at radius 2 is 1.64 bits per heavy atom. The highest BCUT2D eigenvalue weighted by Gasteiger charge is 2.29. The van der Waals surface area contributed by atoms with Crippen LogP contribution in [-0.2, 0) is 41.4 Å². The van der Waals surface area contributed by atoms with Crippen LogP contribution < -0.4 is 20.3 Å². The number of carboxylic acid groups (broad SMARTS) is 1. The Labute approximate surface area is 251 Å². The molecule has 0 spiro atoms. The van der Waals surface area contributed by atoms with Crippen molar-refractivity contribution in [3.05, 3.63) is 77.9 Å². The second-order valence-electron chi connectivity index (χ2n) is 9.97. The minimum atomic E-state index is -5.19. The quantitative estimate of drug-likeness (QED) is 0.243. The maximum absolute atomic E-state index is 13.4. The Kier molecular flexibility index (Phi) is 12.3. The summed E-state index contributed by atoms with van der Waals surface area (Å²) in [6, 6.07) is 11.4. The first-order valence-corrected chi connectivity index (χ1v) is 13.2. The summed E-state index contributed by atoms with van der Waals surface area (Å²) < 4.78 is 40.6. The third kappa shape index (κ3) is 11.0. The lowest BCUT2D eigenvalue weighted by Gasteiger charge is -2.24. The van der Waals surface area contributed by atoms with Crippen molar-refractivity contribution < 1.29 is 51.9 Å². The number of ether oxygens (including phenoxy) is 1. The lowest BCUT2D eigenvalue weighted by atomic mass is 10.0. The number of amides is 3. The van der Waals surface area contributed by atoms with Gasteiger partial charge in [0.1, 0.15) is 36.7 Å². The van der Waals surface area contributed by atoms with E-state index in [9.17, 15) is 32.7 Å². The van der Waals surface area contributed by atoms with Crippen LogP contribution in [0.25, 0.3) is 0 Å². The number of carbonyl (C=O) groups excluding carboxylic acids is 4. The standard InChI is InChI=1S/C27H33N5O5.C2HF3O2/c1-18(2)37-26(35)20-8-10-21(11-9-20)28-27(36)29-23(16-19-6-12-22(33)13-7-19)25(34)32(5)17-24-30(3)14-15-31(24)4;3-2(4,5)1(6)7/h6-15,18,23H,16-17H2,1-5H3,(H2-,28,29,33,35,36);(H,6,7)/t23-;/m0./s1. The van der Waals surface area contributed by atoms with Crippen molar-refractivity contribution in [2.75, 3.05) is 12.4 Å². The van der Waals surface area contributed by atoms with Crippen molar-refractivity contribution in [3.63, 3.8) is 0 Å². The fourth-order valence-electron chi connectivity index (χ4n) is 3.77. The number of hydrogen-bond acceptors (Lipinski definition) is 7. The zero-order chi connectivity index (χ0) is 33.2. The fraction of sp³-hybridized carbons (Fsp3) is 0.345. The number of phenolic OH excluding ortho intramolecular Hbond substituents is 1. The summed E-state index contributed by atoms with van der Waals surface area (Å²) >= 11 is 0. The SMILES string of the molecule is CC(C)OC(=O)c1ccc(NC(=O)N[C@@H](Cc2ccc(O)cc2)C(=O)N(C)Cc2n(C)cc[n+]2C)cc1.O=C([O-])C(F)(F)F. The van der Waals surface area contributed by atoms with E-state index in [1.54, 1.807) is 62.2 Å². The number of aryl methyl sites for hydroxylation is 2. The molecule has 0 aliphatic rings. The van der Waals surface area contributed by atoms with Crippen LogP contribution in [0.2, 0.25) is 0 Å². The van der Waals surface area contributed by atoms with E-state index in [4.69, 9.17) is 14.6 Å². The molecule has 3 amide bonds. The van der Waals surface area contributed by atoms with Crippen molar-refractivity contribution >= 4 is 29.6 Å². The average Bonchev–Trinajstić information content (AvgIpc) is 3.25. The van der Waals surface area contributed by atoms with E-state index >= 15 is 0 Å². The van der Waals surface area contributed by atoms with Gasteiger partial charge in [-0.3, -0.25) is 4.79 Å². The Balaban J connectivity index is 0.000000860. The maximum atomic E-state index is 13.4. The number of alkyl halides is 3. The van der Waals surface area contributed by atoms with Gasteiger partial charge in [-0.2, -0.15) is 13.2 Å². The van der Waals surface area contributed by atoms with E-state index in [2.05, 4.69) is 10.6 Å². The maximum Gasteiger partial charge on any atom is 0.430 e. The topological polar surface area (TPSA) is 157 Å². The summed E-state index contributed by atoms with van der Waals surface area (Å²) in [4.78, 5) is 48.7. The molecule has 0 aliphatic carbocycles. The molecule has 0 aliphatic heterocycles. The summed E-state index contributed by atoms with van der Waals surface area (Å²) in [6.45, 7) is 3.89. The van der Waals surface area contributed by atoms with Crippen LogP contribution in [-0.4, -0.2) is 63.8 Å². The molecular formula is C29H34F3N5O7. The number of phenols is 1. The largest absolute Gasteiger partial charge is 0.542 e. The Hall–Kier alpha value is -5.08. The minimum absolute atomic E-state index is 0.117. The molecule has 238 valence electrons. The number of nitrogens with one attached hydrogen (secondary N) is 2. The number of benzene rings is 2. The highest BCUT2D eigenvalue weighted by atomic mass is 19.4. The van der Waals surface area contributed by atoms with Crippen molar-refractivity contribution in [1.82, 2.24) is 14.8 Å². The zero-order valence-electron chi connectivity index (χ0n) is 24.7. The average molecular weight is 622 g/mol. The van der Waals surface area contributed by atoms with Crippen LogP contribution in [0.5, 0.6) is 5.75 Å². The molecule has 3 aromatic rings. The number of imidazole rings is 1. The van der Waals surface area contributed by atoms with Crippen molar-refractivity contribution in [2.45, 2.75) is 45.1 Å². The van der Waals surface area contributed by atoms with Gasteiger partial charge < -0.3 is 35.3 Å². The summed E-state index contributed by atoms with van der Waals surface area (Å²) in [5.74, 6) is -2.69. The van der Waals surface area contributed by atoms with Gasteiger partial charge in [0.25, 0.3) is 5.82 Å². The van der Waals surface area contributed by atoms with E-state index in [0.717, 1.165) is 11.4 Å². The van der Waals surface area contributed by atoms with Crippen LogP contribution >= 0.6 is 0 Å². The third-order valence-corrected chi connectivity index (χ3v) is 6.02. The number of nitrogens with zero attached hydrogens (tertiary/aromatic N) is 3. The van der Waals surface area contributed by atoms with Crippen LogP contribution in [0.3, 0.4) is 0 Å². The predicted molar refractivity (Wildman–Crippen MR) is 149 cm³/mol. The summed E-state index contributed by atoms with van der Waals surface area (Å²) in [7, 11) is 5.50. The van der Waals surface area contributed by atoms with E-state index in [1.807, 2.05) is 35.6 Å². The Morgan fingerprint density at radius 3 is 2.11 bits per heavy atom. The molecule has 12 nitrogen and oxygen atoms in total. The highest BCUT2D eigenvalue weighted by Crippen LogP contribution is 2.15. The van der Waals surface area contributed by atoms with E-state index < -0.39 is 30.2 Å². The van der Waals surface area contributed by atoms with Crippen LogP contribution in [0.1, 0.15) is 35.6 Å². The van der Waals surface area contributed by atoms with Gasteiger partial charge in [0.2, 0.25) is 5.91 Å². The smallest absolute Gasteiger partial charge is 0.430 e. The number of carboxylic acids is 1. The highest BCUT2D eigenvalue weighted by molar-refractivity contribution is 5.95. The number of carbonyl (C=O) groups is 4. The predicted octanol–water partition coefficient (Wildman–Crippen LogP) is 1.81. The lowest BCUT2D eigenvalue weighted by molar-refractivity contribution is -0.679. The second-order valence-corrected chi connectivity index (χ2v) is 9.97. The molecule has 0 unspecified atom stereocenters. The van der Waals surface area contributed by atoms with Crippen molar-refractivity contribution in [1.29, 1.82) is 0 Å². The van der Waals surface area contributed by atoms with E-state index in [0.29, 0.717) is 17.8 Å². The number of aromatic hydroxyl groups is 1. The van der Waals surface area contributed by atoms with Crippen LogP contribution in [0.4, 0.5) is 23.7 Å². The normalized spacial score (nSPS) is 11.6. The molecule has 0 saturated carbocycles. The van der Waals surface area contributed by atoms with E-state index in [1.165, 1.54) is 12.1 Å². The number of hydrogen-bond donors (Lipinski definition) is 3. The number of anilines is 1. The monoisotopic (exact) mass is 621 g/mol. The molecule has 1 heterocycles. The Bertz CT molecular complexity index is 1420. The van der Waals surface area contributed by atoms with Gasteiger partial charge >= 0.3 is 18.2 Å². The van der Waals surface area contributed by atoms with Gasteiger partial charge in [-0.1, -0.05) is 12.1 Å². The van der Waals surface area contributed by atoms with Gasteiger partial charge in [-0.25, -0.2) is 18.7 Å². The molecule has 15 heteroatoms. The van der Waals surface area contributed by atoms with Crippen molar-refractivity contribution in [3.8, 4) is 5.75 Å². The summed E-state index contributed by atoms with van der Waals surface area (Å²) in [6.07, 6.45) is -1.39. The molecule has 44 heavy (non-hydrogen) atoms. The number of rotatable bonds is 9. The number of esters is 1. The summed E-state index contributed by atoms with van der Waals surface area (Å²) in [5.41, 5.74) is 1.61. The minimum Gasteiger partial charge on any atom is -0.542 e. The fourth-order valence-corrected chi connectivity index (χ4v) is 3.77. The molecule has 0 fully saturated rings. The molecule has 3 N–H and O–H groups in total. The molecule has 0 bridgehead atoms. The number of likely N-dealkylation sites (N-methyl/N-ethyl adjacent to an activating group) is 1. The first kappa shape index (κ1) is 35.1. The van der Waals surface area contributed by atoms with Crippen LogP contribution in [0.15, 0.2) is 60.9 Å². The molecule has 2 aromatic carbocycles. The van der Waals surface area contributed by atoms with Gasteiger partial charge in [0, 0.05) is 19.2 Å². The first-order valence-electron chi connectivity index (χ1n) is 13.2. The Morgan fingerprint density at radius 1 is 1.07 bits per heavy atom. The molecule has 0 saturated heterocycles. The number of urea groups is 1. The molecule has 1 aromatic heterocycles. The van der Waals surface area contributed by atoms with Crippen molar-refractivity contribution in [2.24, 2.45) is 14.1 Å². The first-order chi connectivity index (χ1) is 20.5. The summed E-state index contributed by atoms with van der Waals surface area (Å²) in [5, 5.41) is 23.9. The molecule has 1 atom stereocenters. The van der Waals surface area contributed by atoms with Crippen LogP contribution in [0, 0.1) is 0 Å². The van der Waals surface area contributed by atoms with Gasteiger partial charge in [0.05, 0.1) is 25.8 Å². The number of halogens is 3. The van der Waals surface area contributed by atoms with Gasteiger partial charge in [-0.05, 0) is 55.8 Å². The molecule has 0 radical (unpaired) electrons.